The van der Waals surface area contributed by atoms with Gasteiger partial charge in [-0.15, -0.1) is 0 Å². The minimum absolute atomic E-state index is 0.800. The fourth-order valence-corrected chi connectivity index (χ4v) is 1.94. The average molecular weight is 215 g/mol. The van der Waals surface area contributed by atoms with Gasteiger partial charge in [0.05, 0.1) is 0 Å². The summed E-state index contributed by atoms with van der Waals surface area (Å²) in [5, 5.41) is 18.1. The Morgan fingerprint density at radius 3 is 1.93 bits per heavy atom. The Kier molecular flexibility index (Phi) is 3.68. The molecule has 0 aromatic rings. The van der Waals surface area contributed by atoms with Crippen LogP contribution in [0.25, 0.3) is 0 Å². The van der Waals surface area contributed by atoms with Gasteiger partial charge in [0, 0.05) is 6.54 Å². The third kappa shape index (κ3) is 3.51. The van der Waals surface area contributed by atoms with Crippen molar-refractivity contribution in [1.29, 1.82) is 0 Å². The third-order valence-corrected chi connectivity index (χ3v) is 3.05. The van der Waals surface area contributed by atoms with Crippen LogP contribution in [0.15, 0.2) is 0 Å². The number of rotatable bonds is 3. The predicted molar refractivity (Wildman–Crippen MR) is 53.6 cm³/mol. The summed E-state index contributed by atoms with van der Waals surface area (Å²) in [5.41, 5.74) is 0.800. The van der Waals surface area contributed by atoms with E-state index in [1.165, 1.54) is 32.2 Å². The van der Waals surface area contributed by atoms with Gasteiger partial charge in [0.2, 0.25) is 0 Å². The lowest BCUT2D eigenvalue weighted by Crippen LogP contribution is -2.21. The molecule has 0 saturated heterocycles. The summed E-state index contributed by atoms with van der Waals surface area (Å²) in [7, 11) is 2.07. The second-order valence-corrected chi connectivity index (χ2v) is 4.28. The van der Waals surface area contributed by atoms with E-state index in [0.717, 1.165) is 11.3 Å². The standard InChI is InChI=1S/C8H15N.C2H2O4/c1-9-6-8(4-5-8)7-2-3-7;3-1(4)2(5)6/h7,9H,2-6H2,1H3;(H,3,4)(H,5,6). The van der Waals surface area contributed by atoms with Crippen molar-refractivity contribution in [3.63, 3.8) is 0 Å². The minimum Gasteiger partial charge on any atom is -0.473 e. The van der Waals surface area contributed by atoms with Gasteiger partial charge in [-0.1, -0.05) is 0 Å². The molecule has 86 valence electrons. The summed E-state index contributed by atoms with van der Waals surface area (Å²) in [6, 6.07) is 0. The third-order valence-electron chi connectivity index (χ3n) is 3.05. The first kappa shape index (κ1) is 12.0. The topological polar surface area (TPSA) is 86.6 Å². The molecule has 0 radical (unpaired) electrons. The number of aliphatic carboxylic acids is 2. The van der Waals surface area contributed by atoms with Crippen LogP contribution >= 0.6 is 0 Å². The van der Waals surface area contributed by atoms with Crippen molar-refractivity contribution < 1.29 is 19.8 Å². The molecular formula is C10H17NO4. The highest BCUT2D eigenvalue weighted by Crippen LogP contribution is 2.60. The van der Waals surface area contributed by atoms with Gasteiger partial charge in [0.1, 0.15) is 0 Å². The normalized spacial score (nSPS) is 21.1. The summed E-state index contributed by atoms with van der Waals surface area (Å²) >= 11 is 0. The zero-order chi connectivity index (χ0) is 11.5. The number of hydrogen-bond donors (Lipinski definition) is 3. The van der Waals surface area contributed by atoms with Gasteiger partial charge < -0.3 is 15.5 Å². The molecule has 0 spiro atoms. The Morgan fingerprint density at radius 1 is 1.27 bits per heavy atom. The molecule has 0 aromatic carbocycles. The fourth-order valence-electron chi connectivity index (χ4n) is 1.94. The molecule has 0 bridgehead atoms. The Bertz CT molecular complexity index is 244. The monoisotopic (exact) mass is 215 g/mol. The molecular weight excluding hydrogens is 198 g/mol. The maximum absolute atomic E-state index is 9.10. The molecule has 0 heterocycles. The van der Waals surface area contributed by atoms with Crippen LogP contribution in [0, 0.1) is 11.3 Å². The molecule has 2 aliphatic carbocycles. The second-order valence-electron chi connectivity index (χ2n) is 4.28. The molecule has 3 N–H and O–H groups in total. The van der Waals surface area contributed by atoms with Crippen molar-refractivity contribution in [1.82, 2.24) is 5.32 Å². The molecule has 15 heavy (non-hydrogen) atoms. The number of carboxylic acids is 2. The van der Waals surface area contributed by atoms with Crippen LogP contribution in [0.4, 0.5) is 0 Å². The van der Waals surface area contributed by atoms with Crippen LogP contribution in [0.3, 0.4) is 0 Å². The second kappa shape index (κ2) is 4.61. The van der Waals surface area contributed by atoms with Crippen LogP contribution in [0.5, 0.6) is 0 Å². The summed E-state index contributed by atoms with van der Waals surface area (Å²) in [4.78, 5) is 18.2. The molecule has 2 aliphatic rings. The predicted octanol–water partition coefficient (Wildman–Crippen LogP) is 0.552. The molecule has 2 saturated carbocycles. The van der Waals surface area contributed by atoms with Crippen molar-refractivity contribution in [3.05, 3.63) is 0 Å². The van der Waals surface area contributed by atoms with Crippen LogP contribution < -0.4 is 5.32 Å². The maximum atomic E-state index is 9.10. The van der Waals surface area contributed by atoms with Crippen molar-refractivity contribution in [2.24, 2.45) is 11.3 Å². The van der Waals surface area contributed by atoms with E-state index in [4.69, 9.17) is 19.8 Å². The lowest BCUT2D eigenvalue weighted by atomic mass is 10.0. The smallest absolute Gasteiger partial charge is 0.414 e. The van der Waals surface area contributed by atoms with E-state index >= 15 is 0 Å². The molecule has 0 unspecified atom stereocenters. The molecule has 2 rings (SSSR count). The van der Waals surface area contributed by atoms with Crippen LogP contribution in [0.2, 0.25) is 0 Å². The maximum Gasteiger partial charge on any atom is 0.414 e. The Labute approximate surface area is 88.5 Å². The molecule has 0 amide bonds. The van der Waals surface area contributed by atoms with E-state index in [9.17, 15) is 0 Å². The first-order valence-corrected chi connectivity index (χ1v) is 5.12. The summed E-state index contributed by atoms with van der Waals surface area (Å²) in [6.45, 7) is 1.28. The van der Waals surface area contributed by atoms with Gasteiger partial charge in [-0.25, -0.2) is 9.59 Å². The largest absolute Gasteiger partial charge is 0.473 e. The fraction of sp³-hybridized carbons (Fsp3) is 0.800. The number of hydrogen-bond acceptors (Lipinski definition) is 3. The molecule has 5 nitrogen and oxygen atoms in total. The lowest BCUT2D eigenvalue weighted by molar-refractivity contribution is -0.159. The molecule has 0 atom stereocenters. The minimum atomic E-state index is -1.82. The van der Waals surface area contributed by atoms with Crippen molar-refractivity contribution in [2.45, 2.75) is 25.7 Å². The van der Waals surface area contributed by atoms with E-state index in [1.54, 1.807) is 0 Å². The summed E-state index contributed by atoms with van der Waals surface area (Å²) in [5.74, 6) is -2.53. The van der Waals surface area contributed by atoms with Gasteiger partial charge in [-0.05, 0) is 44.1 Å². The zero-order valence-corrected chi connectivity index (χ0v) is 8.82. The van der Waals surface area contributed by atoms with Gasteiger partial charge in [-0.2, -0.15) is 0 Å². The van der Waals surface area contributed by atoms with Crippen LogP contribution in [-0.4, -0.2) is 35.7 Å². The highest BCUT2D eigenvalue weighted by atomic mass is 16.4. The van der Waals surface area contributed by atoms with Gasteiger partial charge in [-0.3, -0.25) is 0 Å². The van der Waals surface area contributed by atoms with E-state index in [2.05, 4.69) is 12.4 Å². The summed E-state index contributed by atoms with van der Waals surface area (Å²) < 4.78 is 0. The highest BCUT2D eigenvalue weighted by molar-refractivity contribution is 6.27. The Morgan fingerprint density at radius 2 is 1.73 bits per heavy atom. The van der Waals surface area contributed by atoms with E-state index < -0.39 is 11.9 Å². The van der Waals surface area contributed by atoms with E-state index in [0.29, 0.717) is 0 Å². The van der Waals surface area contributed by atoms with Gasteiger partial charge in [0.25, 0.3) is 0 Å². The Hall–Kier alpha value is -1.10. The van der Waals surface area contributed by atoms with E-state index in [-0.39, 0.29) is 0 Å². The quantitative estimate of drug-likeness (QED) is 0.598. The molecule has 0 aromatic heterocycles. The zero-order valence-electron chi connectivity index (χ0n) is 8.82. The van der Waals surface area contributed by atoms with E-state index in [1.807, 2.05) is 0 Å². The Balaban J connectivity index is 0.000000167. The van der Waals surface area contributed by atoms with Crippen molar-refractivity contribution in [2.75, 3.05) is 13.6 Å². The summed E-state index contributed by atoms with van der Waals surface area (Å²) in [6.07, 6.45) is 6.03. The van der Waals surface area contributed by atoms with Crippen LogP contribution in [-0.2, 0) is 9.59 Å². The van der Waals surface area contributed by atoms with Gasteiger partial charge in [0.15, 0.2) is 0 Å². The van der Waals surface area contributed by atoms with Gasteiger partial charge >= 0.3 is 11.9 Å². The number of carboxylic acid groups (broad SMARTS) is 2. The SMILES string of the molecule is CNCC1(C2CC2)CC1.O=C(O)C(=O)O. The average Bonchev–Trinajstić information content (AvgIpc) is 3.00. The highest BCUT2D eigenvalue weighted by Gasteiger charge is 2.52. The van der Waals surface area contributed by atoms with Crippen LogP contribution in [0.1, 0.15) is 25.7 Å². The van der Waals surface area contributed by atoms with Crippen molar-refractivity contribution in [3.8, 4) is 0 Å². The molecule has 2 fully saturated rings. The molecule has 5 heteroatoms. The lowest BCUT2D eigenvalue weighted by Gasteiger charge is -2.11. The van der Waals surface area contributed by atoms with Crippen molar-refractivity contribution >= 4 is 11.9 Å². The molecule has 0 aliphatic heterocycles. The number of nitrogens with one attached hydrogen (secondary N) is 1. The first-order valence-electron chi connectivity index (χ1n) is 5.12. The first-order chi connectivity index (χ1) is 7.02. The number of carbonyl (C=O) groups is 2.